The molecule has 0 saturated heterocycles. The van der Waals surface area contributed by atoms with Gasteiger partial charge in [0.2, 0.25) is 0 Å². The largest absolute Gasteiger partial charge is 0.431 e. The first-order valence-electron chi connectivity index (χ1n) is 3.86. The summed E-state index contributed by atoms with van der Waals surface area (Å²) in [4.78, 5) is 12.8. The van der Waals surface area contributed by atoms with Crippen molar-refractivity contribution in [1.82, 2.24) is 4.98 Å². The van der Waals surface area contributed by atoms with Gasteiger partial charge in [0.05, 0.1) is 0 Å². The van der Waals surface area contributed by atoms with E-state index in [-0.39, 0.29) is 17.7 Å². The van der Waals surface area contributed by atoms with Crippen molar-refractivity contribution in [3.8, 4) is 0 Å². The van der Waals surface area contributed by atoms with Gasteiger partial charge in [-0.1, -0.05) is 0 Å². The molecule has 0 radical (unpaired) electrons. The van der Waals surface area contributed by atoms with Crippen LogP contribution in [0.15, 0.2) is 10.9 Å². The van der Waals surface area contributed by atoms with Gasteiger partial charge in [-0.25, -0.2) is 0 Å². The van der Waals surface area contributed by atoms with Gasteiger partial charge in [0.25, 0.3) is 5.56 Å². The van der Waals surface area contributed by atoms with Crippen molar-refractivity contribution in [3.63, 3.8) is 0 Å². The number of rotatable bonds is 1. The van der Waals surface area contributed by atoms with Gasteiger partial charge in [0.1, 0.15) is 5.69 Å². The highest BCUT2D eigenvalue weighted by molar-refractivity contribution is 5.25. The van der Waals surface area contributed by atoms with E-state index in [1.807, 2.05) is 0 Å². The van der Waals surface area contributed by atoms with E-state index < -0.39 is 17.4 Å². The number of nitrogens with two attached hydrogens (primary N) is 1. The minimum atomic E-state index is -4.53. The highest BCUT2D eigenvalue weighted by Crippen LogP contribution is 2.29. The number of aryl methyl sites for hydroxylation is 1. The molecular weight excluding hydrogens is 197 g/mol. The van der Waals surface area contributed by atoms with Gasteiger partial charge in [0, 0.05) is 12.1 Å². The number of H-pyrrole nitrogens is 1. The van der Waals surface area contributed by atoms with Crippen LogP contribution in [0.2, 0.25) is 0 Å². The van der Waals surface area contributed by atoms with Crippen molar-refractivity contribution >= 4 is 0 Å². The molecule has 0 aliphatic rings. The van der Waals surface area contributed by atoms with E-state index in [0.29, 0.717) is 0 Å². The molecule has 0 fully saturated rings. The fourth-order valence-corrected chi connectivity index (χ4v) is 1.14. The summed E-state index contributed by atoms with van der Waals surface area (Å²) in [5.41, 5.74) is 3.50. The second-order valence-electron chi connectivity index (χ2n) is 2.88. The van der Waals surface area contributed by atoms with E-state index in [0.717, 1.165) is 6.07 Å². The second-order valence-corrected chi connectivity index (χ2v) is 2.88. The maximum absolute atomic E-state index is 12.3. The number of hydrogen-bond acceptors (Lipinski definition) is 2. The third kappa shape index (κ3) is 1.95. The molecule has 1 aromatic heterocycles. The molecule has 3 N–H and O–H groups in total. The maximum Gasteiger partial charge on any atom is 0.431 e. The summed E-state index contributed by atoms with van der Waals surface area (Å²) in [6.45, 7) is 1.20. The number of aromatic nitrogens is 1. The lowest BCUT2D eigenvalue weighted by Crippen LogP contribution is -2.22. The summed E-state index contributed by atoms with van der Waals surface area (Å²) in [5.74, 6) is 0. The van der Waals surface area contributed by atoms with Crippen molar-refractivity contribution < 1.29 is 13.2 Å². The normalized spacial score (nSPS) is 11.8. The molecule has 0 aliphatic heterocycles. The van der Waals surface area contributed by atoms with Crippen molar-refractivity contribution in [2.24, 2.45) is 5.73 Å². The number of pyridine rings is 1. The Morgan fingerprint density at radius 2 is 2.07 bits per heavy atom. The Morgan fingerprint density at radius 3 is 2.50 bits per heavy atom. The lowest BCUT2D eigenvalue weighted by Gasteiger charge is -2.10. The topological polar surface area (TPSA) is 58.9 Å². The van der Waals surface area contributed by atoms with E-state index >= 15 is 0 Å². The van der Waals surface area contributed by atoms with Crippen LogP contribution in [0.5, 0.6) is 0 Å². The van der Waals surface area contributed by atoms with Gasteiger partial charge < -0.3 is 10.7 Å². The van der Waals surface area contributed by atoms with Crippen molar-refractivity contribution in [1.29, 1.82) is 0 Å². The molecule has 6 heteroatoms. The summed E-state index contributed by atoms with van der Waals surface area (Å²) in [7, 11) is 0. The first kappa shape index (κ1) is 10.8. The summed E-state index contributed by atoms with van der Waals surface area (Å²) in [5, 5.41) is 0. The fraction of sp³-hybridized carbons (Fsp3) is 0.375. The Bertz CT molecular complexity index is 395. The first-order valence-corrected chi connectivity index (χ1v) is 3.86. The van der Waals surface area contributed by atoms with Gasteiger partial charge in [-0.3, -0.25) is 4.79 Å². The Kier molecular flexibility index (Phi) is 2.66. The van der Waals surface area contributed by atoms with Gasteiger partial charge >= 0.3 is 6.18 Å². The number of hydrogen-bond donors (Lipinski definition) is 2. The molecule has 0 atom stereocenters. The Morgan fingerprint density at radius 1 is 1.50 bits per heavy atom. The SMILES string of the molecule is Cc1cc(CN)c(=O)[nH]c1C(F)(F)F. The van der Waals surface area contributed by atoms with Crippen molar-refractivity contribution in [2.45, 2.75) is 19.6 Å². The van der Waals surface area contributed by atoms with Gasteiger partial charge in [0.15, 0.2) is 0 Å². The Labute approximate surface area is 77.7 Å². The number of aromatic amines is 1. The minimum Gasteiger partial charge on any atom is -0.326 e. The summed E-state index contributed by atoms with van der Waals surface area (Å²) >= 11 is 0. The molecule has 0 aromatic carbocycles. The summed E-state index contributed by atoms with van der Waals surface area (Å²) in [6, 6.07) is 1.15. The summed E-state index contributed by atoms with van der Waals surface area (Å²) < 4.78 is 36.8. The molecule has 0 aliphatic carbocycles. The molecule has 0 unspecified atom stereocenters. The number of nitrogens with one attached hydrogen (secondary N) is 1. The van der Waals surface area contributed by atoms with Crippen LogP contribution in [0.3, 0.4) is 0 Å². The van der Waals surface area contributed by atoms with Crippen LogP contribution >= 0.6 is 0 Å². The molecule has 0 saturated carbocycles. The average molecular weight is 206 g/mol. The molecule has 1 rings (SSSR count). The lowest BCUT2D eigenvalue weighted by atomic mass is 10.1. The van der Waals surface area contributed by atoms with Crippen LogP contribution in [-0.4, -0.2) is 4.98 Å². The van der Waals surface area contributed by atoms with Gasteiger partial charge in [-0.05, 0) is 18.6 Å². The molecule has 1 heterocycles. The van der Waals surface area contributed by atoms with Crippen molar-refractivity contribution in [3.05, 3.63) is 33.2 Å². The van der Waals surface area contributed by atoms with Crippen LogP contribution in [0.4, 0.5) is 13.2 Å². The number of halogens is 3. The zero-order valence-corrected chi connectivity index (χ0v) is 7.40. The predicted molar refractivity (Wildman–Crippen MR) is 44.7 cm³/mol. The molecule has 3 nitrogen and oxygen atoms in total. The molecule has 14 heavy (non-hydrogen) atoms. The van der Waals surface area contributed by atoms with Crippen LogP contribution in [0, 0.1) is 6.92 Å². The van der Waals surface area contributed by atoms with Gasteiger partial charge in [-0.15, -0.1) is 0 Å². The van der Waals surface area contributed by atoms with Crippen LogP contribution in [0.1, 0.15) is 16.8 Å². The lowest BCUT2D eigenvalue weighted by molar-refractivity contribution is -0.141. The maximum atomic E-state index is 12.3. The average Bonchev–Trinajstić information content (AvgIpc) is 2.06. The zero-order valence-electron chi connectivity index (χ0n) is 7.40. The third-order valence-electron chi connectivity index (χ3n) is 1.82. The van der Waals surface area contributed by atoms with E-state index in [9.17, 15) is 18.0 Å². The standard InChI is InChI=1S/C8H9F3N2O/c1-4-2-5(3-12)7(14)13-6(4)8(9,10)11/h2H,3,12H2,1H3,(H,13,14). The molecule has 0 spiro atoms. The second kappa shape index (κ2) is 3.45. The monoisotopic (exact) mass is 206 g/mol. The quantitative estimate of drug-likeness (QED) is 0.724. The van der Waals surface area contributed by atoms with E-state index in [1.54, 1.807) is 4.98 Å². The number of alkyl halides is 3. The molecule has 1 aromatic rings. The van der Waals surface area contributed by atoms with Crippen molar-refractivity contribution in [2.75, 3.05) is 0 Å². The summed E-state index contributed by atoms with van der Waals surface area (Å²) in [6.07, 6.45) is -4.53. The minimum absolute atomic E-state index is 0.0300. The van der Waals surface area contributed by atoms with E-state index in [4.69, 9.17) is 5.73 Å². The Balaban J connectivity index is 3.37. The molecule has 78 valence electrons. The molecular formula is C8H9F3N2O. The predicted octanol–water partition coefficient (Wildman–Crippen LogP) is 1.16. The Hall–Kier alpha value is -1.30. The first-order chi connectivity index (χ1) is 6.36. The zero-order chi connectivity index (χ0) is 10.9. The highest BCUT2D eigenvalue weighted by atomic mass is 19.4. The smallest absolute Gasteiger partial charge is 0.326 e. The highest BCUT2D eigenvalue weighted by Gasteiger charge is 2.33. The van der Waals surface area contributed by atoms with E-state index in [2.05, 4.69) is 0 Å². The fourth-order valence-electron chi connectivity index (χ4n) is 1.14. The third-order valence-corrected chi connectivity index (χ3v) is 1.82. The van der Waals surface area contributed by atoms with Crippen LogP contribution in [0.25, 0.3) is 0 Å². The molecule has 0 amide bonds. The van der Waals surface area contributed by atoms with Gasteiger partial charge in [-0.2, -0.15) is 13.2 Å². The van der Waals surface area contributed by atoms with E-state index in [1.165, 1.54) is 6.92 Å². The molecule has 0 bridgehead atoms. The van der Waals surface area contributed by atoms with Crippen LogP contribution in [-0.2, 0) is 12.7 Å². The van der Waals surface area contributed by atoms with Crippen LogP contribution < -0.4 is 11.3 Å².